The van der Waals surface area contributed by atoms with Gasteiger partial charge >= 0.3 is 0 Å². The summed E-state index contributed by atoms with van der Waals surface area (Å²) in [6.07, 6.45) is 2.81. The van der Waals surface area contributed by atoms with Crippen LogP contribution in [0.3, 0.4) is 0 Å². The van der Waals surface area contributed by atoms with Gasteiger partial charge in [-0.25, -0.2) is 9.97 Å². The van der Waals surface area contributed by atoms with Crippen LogP contribution in [0.2, 0.25) is 0 Å². The van der Waals surface area contributed by atoms with Gasteiger partial charge < -0.3 is 11.1 Å². The second-order valence-electron chi connectivity index (χ2n) is 3.84. The first-order valence-corrected chi connectivity index (χ1v) is 6.31. The molecule has 0 bridgehead atoms. The fraction of sp³-hybridized carbons (Fsp3) is 0.600. The molecule has 0 saturated carbocycles. The standard InChI is InChI=1S/C10H16N4S/c1-7-9(11)13-6-14-10(7)12-4-8-2-3-15-5-8/h6,8H,2-5H2,1H3,(H3,11,12,13,14). The lowest BCUT2D eigenvalue weighted by molar-refractivity contribution is 0.630. The number of hydrogen-bond acceptors (Lipinski definition) is 5. The lowest BCUT2D eigenvalue weighted by atomic mass is 10.1. The van der Waals surface area contributed by atoms with E-state index in [4.69, 9.17) is 5.73 Å². The molecule has 3 N–H and O–H groups in total. The van der Waals surface area contributed by atoms with E-state index in [1.54, 1.807) is 0 Å². The molecule has 0 spiro atoms. The molecule has 2 rings (SSSR count). The monoisotopic (exact) mass is 224 g/mol. The van der Waals surface area contributed by atoms with Crippen molar-refractivity contribution in [1.29, 1.82) is 0 Å². The van der Waals surface area contributed by atoms with Crippen LogP contribution in [0.4, 0.5) is 11.6 Å². The number of nitrogens with one attached hydrogen (secondary N) is 1. The minimum Gasteiger partial charge on any atom is -0.383 e. The van der Waals surface area contributed by atoms with Gasteiger partial charge in [-0.2, -0.15) is 11.8 Å². The Balaban J connectivity index is 1.95. The predicted octanol–water partition coefficient (Wildman–Crippen LogP) is 1.53. The molecular weight excluding hydrogens is 208 g/mol. The number of nitrogens with zero attached hydrogens (tertiary/aromatic N) is 2. The van der Waals surface area contributed by atoms with E-state index in [1.165, 1.54) is 24.3 Å². The van der Waals surface area contributed by atoms with Gasteiger partial charge in [0, 0.05) is 12.1 Å². The number of nitrogens with two attached hydrogens (primary N) is 1. The molecule has 1 aliphatic rings. The molecule has 1 aliphatic heterocycles. The van der Waals surface area contributed by atoms with Crippen molar-refractivity contribution in [3.05, 3.63) is 11.9 Å². The molecule has 1 saturated heterocycles. The highest BCUT2D eigenvalue weighted by atomic mass is 32.2. The van der Waals surface area contributed by atoms with E-state index < -0.39 is 0 Å². The normalized spacial score (nSPS) is 20.5. The first-order valence-electron chi connectivity index (χ1n) is 5.16. The van der Waals surface area contributed by atoms with Crippen molar-refractivity contribution >= 4 is 23.4 Å². The van der Waals surface area contributed by atoms with Gasteiger partial charge in [0.1, 0.15) is 18.0 Å². The quantitative estimate of drug-likeness (QED) is 0.815. The molecule has 82 valence electrons. The summed E-state index contributed by atoms with van der Waals surface area (Å²) >= 11 is 2.03. The van der Waals surface area contributed by atoms with Gasteiger partial charge in [0.2, 0.25) is 0 Å². The van der Waals surface area contributed by atoms with Gasteiger partial charge in [-0.1, -0.05) is 0 Å². The van der Waals surface area contributed by atoms with E-state index in [9.17, 15) is 0 Å². The summed E-state index contributed by atoms with van der Waals surface area (Å²) in [4.78, 5) is 8.13. The molecule has 0 aliphatic carbocycles. The third-order valence-electron chi connectivity index (χ3n) is 2.71. The molecule has 1 atom stereocenters. The summed E-state index contributed by atoms with van der Waals surface area (Å²) in [5.41, 5.74) is 6.66. The number of aromatic nitrogens is 2. The van der Waals surface area contributed by atoms with Crippen LogP contribution in [0.15, 0.2) is 6.33 Å². The van der Waals surface area contributed by atoms with Crippen molar-refractivity contribution in [2.24, 2.45) is 5.92 Å². The molecule has 1 unspecified atom stereocenters. The van der Waals surface area contributed by atoms with Crippen LogP contribution in [0.25, 0.3) is 0 Å². The Bertz CT molecular complexity index is 336. The maximum atomic E-state index is 5.71. The molecule has 1 fully saturated rings. The zero-order chi connectivity index (χ0) is 10.7. The number of thioether (sulfide) groups is 1. The highest BCUT2D eigenvalue weighted by Crippen LogP contribution is 2.24. The third kappa shape index (κ3) is 2.53. The zero-order valence-corrected chi connectivity index (χ0v) is 9.68. The molecule has 0 amide bonds. The third-order valence-corrected chi connectivity index (χ3v) is 3.94. The largest absolute Gasteiger partial charge is 0.383 e. The predicted molar refractivity (Wildman–Crippen MR) is 65.1 cm³/mol. The SMILES string of the molecule is Cc1c(N)ncnc1NCC1CCSC1. The Morgan fingerprint density at radius 1 is 1.60 bits per heavy atom. The number of nitrogen functional groups attached to an aromatic ring is 1. The lowest BCUT2D eigenvalue weighted by Gasteiger charge is -2.12. The molecule has 1 aromatic rings. The summed E-state index contributed by atoms with van der Waals surface area (Å²) in [6.45, 7) is 2.94. The van der Waals surface area contributed by atoms with Gasteiger partial charge in [-0.05, 0) is 30.8 Å². The van der Waals surface area contributed by atoms with Crippen LogP contribution in [0, 0.1) is 12.8 Å². The van der Waals surface area contributed by atoms with Gasteiger partial charge in [0.05, 0.1) is 0 Å². The van der Waals surface area contributed by atoms with Crippen molar-refractivity contribution in [2.45, 2.75) is 13.3 Å². The summed E-state index contributed by atoms with van der Waals surface area (Å²) in [6, 6.07) is 0. The van der Waals surface area contributed by atoms with E-state index in [2.05, 4.69) is 15.3 Å². The summed E-state index contributed by atoms with van der Waals surface area (Å²) in [7, 11) is 0. The number of anilines is 2. The van der Waals surface area contributed by atoms with Gasteiger partial charge in [0.15, 0.2) is 0 Å². The summed E-state index contributed by atoms with van der Waals surface area (Å²) < 4.78 is 0. The van der Waals surface area contributed by atoms with E-state index in [0.717, 1.165) is 23.8 Å². The molecule has 1 aromatic heterocycles. The fourth-order valence-electron chi connectivity index (χ4n) is 1.63. The lowest BCUT2D eigenvalue weighted by Crippen LogP contribution is -2.15. The van der Waals surface area contributed by atoms with Gasteiger partial charge in [0.25, 0.3) is 0 Å². The van der Waals surface area contributed by atoms with E-state index >= 15 is 0 Å². The molecule has 0 radical (unpaired) electrons. The summed E-state index contributed by atoms with van der Waals surface area (Å²) in [5, 5.41) is 3.35. The minimum absolute atomic E-state index is 0.563. The number of hydrogen-bond donors (Lipinski definition) is 2. The van der Waals surface area contributed by atoms with Crippen molar-refractivity contribution in [2.75, 3.05) is 29.1 Å². The Labute approximate surface area is 94.1 Å². The van der Waals surface area contributed by atoms with Gasteiger partial charge in [-0.3, -0.25) is 0 Å². The Morgan fingerprint density at radius 3 is 3.20 bits per heavy atom. The van der Waals surface area contributed by atoms with Crippen LogP contribution >= 0.6 is 11.8 Å². The van der Waals surface area contributed by atoms with Crippen molar-refractivity contribution < 1.29 is 0 Å². The van der Waals surface area contributed by atoms with E-state index in [0.29, 0.717) is 5.82 Å². The van der Waals surface area contributed by atoms with Crippen molar-refractivity contribution in [3.8, 4) is 0 Å². The van der Waals surface area contributed by atoms with Crippen LogP contribution in [0.1, 0.15) is 12.0 Å². The highest BCUT2D eigenvalue weighted by Gasteiger charge is 2.15. The summed E-state index contributed by atoms with van der Waals surface area (Å²) in [5.74, 6) is 4.75. The first kappa shape index (κ1) is 10.5. The van der Waals surface area contributed by atoms with Crippen LogP contribution in [0.5, 0.6) is 0 Å². The number of rotatable bonds is 3. The molecule has 4 nitrogen and oxygen atoms in total. The second-order valence-corrected chi connectivity index (χ2v) is 4.99. The first-order chi connectivity index (χ1) is 7.27. The fourth-order valence-corrected chi connectivity index (χ4v) is 2.91. The smallest absolute Gasteiger partial charge is 0.134 e. The molecule has 0 aromatic carbocycles. The Hall–Kier alpha value is -0.970. The molecule has 15 heavy (non-hydrogen) atoms. The topological polar surface area (TPSA) is 63.8 Å². The average Bonchev–Trinajstić information content (AvgIpc) is 2.73. The average molecular weight is 224 g/mol. The van der Waals surface area contributed by atoms with Crippen LogP contribution < -0.4 is 11.1 Å². The highest BCUT2D eigenvalue weighted by molar-refractivity contribution is 7.99. The van der Waals surface area contributed by atoms with Crippen LogP contribution in [-0.2, 0) is 0 Å². The maximum Gasteiger partial charge on any atom is 0.134 e. The van der Waals surface area contributed by atoms with E-state index in [1.807, 2.05) is 18.7 Å². The van der Waals surface area contributed by atoms with E-state index in [-0.39, 0.29) is 0 Å². The minimum atomic E-state index is 0.563. The molecule has 2 heterocycles. The zero-order valence-electron chi connectivity index (χ0n) is 8.86. The molecule has 5 heteroatoms. The van der Waals surface area contributed by atoms with Crippen molar-refractivity contribution in [1.82, 2.24) is 9.97 Å². The Morgan fingerprint density at radius 2 is 2.47 bits per heavy atom. The second kappa shape index (κ2) is 4.70. The van der Waals surface area contributed by atoms with Crippen LogP contribution in [-0.4, -0.2) is 28.0 Å². The maximum absolute atomic E-state index is 5.71. The van der Waals surface area contributed by atoms with Gasteiger partial charge in [-0.15, -0.1) is 0 Å². The Kier molecular flexibility index (Phi) is 3.30. The van der Waals surface area contributed by atoms with Crippen molar-refractivity contribution in [3.63, 3.8) is 0 Å². The molecular formula is C10H16N4S.